The van der Waals surface area contributed by atoms with Crippen LogP contribution in [0, 0.1) is 5.92 Å². The van der Waals surface area contributed by atoms with E-state index < -0.39 is 27.6 Å². The van der Waals surface area contributed by atoms with Crippen LogP contribution in [0.1, 0.15) is 61.3 Å². The van der Waals surface area contributed by atoms with Crippen molar-refractivity contribution in [3.05, 3.63) is 59.2 Å². The fourth-order valence-electron chi connectivity index (χ4n) is 4.67. The van der Waals surface area contributed by atoms with Gasteiger partial charge in [0.25, 0.3) is 10.0 Å². The van der Waals surface area contributed by atoms with Crippen molar-refractivity contribution in [3.63, 3.8) is 0 Å². The molecule has 1 saturated heterocycles. The fraction of sp³-hybridized carbons (Fsp3) is 0.520. The third-order valence-corrected chi connectivity index (χ3v) is 8.54. The van der Waals surface area contributed by atoms with Gasteiger partial charge in [0.05, 0.1) is 18.4 Å². The zero-order valence-corrected chi connectivity index (χ0v) is 20.0. The molecule has 0 saturated carbocycles. The first-order valence-electron chi connectivity index (χ1n) is 11.6. The molecule has 2 aliphatic rings. The predicted octanol–water partition coefficient (Wildman–Crippen LogP) is 3.71. The van der Waals surface area contributed by atoms with Crippen molar-refractivity contribution < 1.29 is 28.1 Å². The zero-order valence-electron chi connectivity index (χ0n) is 19.2. The van der Waals surface area contributed by atoms with E-state index in [-0.39, 0.29) is 12.0 Å². The van der Waals surface area contributed by atoms with Crippen molar-refractivity contribution in [2.24, 2.45) is 5.92 Å². The Kier molecular flexibility index (Phi) is 7.28. The Bertz CT molecular complexity index is 1070. The van der Waals surface area contributed by atoms with Crippen LogP contribution in [0.15, 0.2) is 42.5 Å². The van der Waals surface area contributed by atoms with Gasteiger partial charge in [-0.2, -0.15) is 0 Å². The molecule has 1 fully saturated rings. The van der Waals surface area contributed by atoms with Crippen molar-refractivity contribution in [1.29, 1.82) is 0 Å². The maximum Gasteiger partial charge on any atom is 0.266 e. The number of fused-ring (bicyclic) bond motifs is 1. The van der Waals surface area contributed by atoms with Crippen molar-refractivity contribution in [1.82, 2.24) is 0 Å². The number of ether oxygens (including phenoxy) is 2. The fourth-order valence-corrected chi connectivity index (χ4v) is 6.43. The topological polar surface area (TPSA) is 96.3 Å². The van der Waals surface area contributed by atoms with Crippen molar-refractivity contribution in [2.75, 3.05) is 24.1 Å². The van der Waals surface area contributed by atoms with Crippen molar-refractivity contribution in [2.45, 2.75) is 57.1 Å². The second kappa shape index (κ2) is 10.0. The van der Waals surface area contributed by atoms with Crippen LogP contribution in [0.3, 0.4) is 0 Å². The molecule has 0 aliphatic carbocycles. The van der Waals surface area contributed by atoms with Crippen LogP contribution in [0.25, 0.3) is 0 Å². The van der Waals surface area contributed by atoms with E-state index in [0.29, 0.717) is 42.7 Å². The van der Waals surface area contributed by atoms with Crippen molar-refractivity contribution in [3.8, 4) is 5.75 Å². The van der Waals surface area contributed by atoms with Gasteiger partial charge in [0.15, 0.2) is 0 Å². The van der Waals surface area contributed by atoms with E-state index in [4.69, 9.17) is 9.47 Å². The lowest BCUT2D eigenvalue weighted by Crippen LogP contribution is -2.45. The van der Waals surface area contributed by atoms with Crippen LogP contribution in [-0.2, 0) is 21.2 Å². The summed E-state index contributed by atoms with van der Waals surface area (Å²) in [6.07, 6.45) is 2.08. The average Bonchev–Trinajstić information content (AvgIpc) is 2.82. The maximum atomic E-state index is 13.7. The molecule has 4 rings (SSSR count). The molecule has 0 aromatic heterocycles. The monoisotopic (exact) mass is 475 g/mol. The summed E-state index contributed by atoms with van der Waals surface area (Å²) in [6, 6.07) is 11.7. The number of nitrogens with zero attached hydrogens (tertiary/aromatic N) is 1. The van der Waals surface area contributed by atoms with Crippen LogP contribution >= 0.6 is 0 Å². The van der Waals surface area contributed by atoms with Gasteiger partial charge in [0.1, 0.15) is 5.75 Å². The van der Waals surface area contributed by atoms with Gasteiger partial charge in [-0.15, -0.1) is 0 Å². The van der Waals surface area contributed by atoms with Crippen LogP contribution in [0.2, 0.25) is 0 Å². The molecule has 0 radical (unpaired) electrons. The van der Waals surface area contributed by atoms with Gasteiger partial charge in [0, 0.05) is 30.4 Å². The first-order chi connectivity index (χ1) is 15.8. The van der Waals surface area contributed by atoms with Crippen LogP contribution in [0.5, 0.6) is 5.75 Å². The lowest BCUT2D eigenvalue weighted by molar-refractivity contribution is 0.0493. The second-order valence-electron chi connectivity index (χ2n) is 8.94. The lowest BCUT2D eigenvalue weighted by Gasteiger charge is -2.39. The van der Waals surface area contributed by atoms with Crippen LogP contribution in [0.4, 0.5) is 5.69 Å². The molecule has 2 aliphatic heterocycles. The Labute approximate surface area is 196 Å². The molecule has 2 aromatic rings. The molecule has 0 bridgehead atoms. The average molecular weight is 476 g/mol. The highest BCUT2D eigenvalue weighted by atomic mass is 32.2. The van der Waals surface area contributed by atoms with E-state index in [2.05, 4.69) is 0 Å². The number of para-hydroxylation sites is 1. The highest BCUT2D eigenvalue weighted by Gasteiger charge is 2.41. The number of sulfonamides is 1. The summed E-state index contributed by atoms with van der Waals surface area (Å²) in [5.74, 6) is 0.704. The number of hydrogen-bond acceptors (Lipinski definition) is 6. The molecular formula is C25H33NO6S. The van der Waals surface area contributed by atoms with Gasteiger partial charge in [-0.05, 0) is 56.2 Å². The molecule has 3 unspecified atom stereocenters. The number of aliphatic hydroxyl groups is 2. The Morgan fingerprint density at radius 1 is 1.18 bits per heavy atom. The number of aryl methyl sites for hydroxylation is 1. The van der Waals surface area contributed by atoms with Gasteiger partial charge < -0.3 is 19.7 Å². The molecular weight excluding hydrogens is 442 g/mol. The first kappa shape index (κ1) is 24.0. The summed E-state index contributed by atoms with van der Waals surface area (Å²) < 4.78 is 40.0. The summed E-state index contributed by atoms with van der Waals surface area (Å²) in [5.41, 5.74) is 0.437. The molecule has 180 valence electrons. The highest BCUT2D eigenvalue weighted by molar-refractivity contribution is 7.92. The first-order valence-corrected chi connectivity index (χ1v) is 13.1. The summed E-state index contributed by atoms with van der Waals surface area (Å²) >= 11 is 0. The Balaban J connectivity index is 1.63. The van der Waals surface area contributed by atoms with E-state index in [1.54, 1.807) is 37.3 Å². The van der Waals surface area contributed by atoms with Crippen LogP contribution in [-0.4, -0.2) is 44.5 Å². The predicted molar refractivity (Wildman–Crippen MR) is 127 cm³/mol. The molecule has 0 amide bonds. The molecule has 3 atom stereocenters. The Hall–Kier alpha value is -2.13. The molecule has 2 aromatic carbocycles. The minimum atomic E-state index is -4.21. The minimum Gasteiger partial charge on any atom is -0.493 e. The van der Waals surface area contributed by atoms with Gasteiger partial charge in [0.2, 0.25) is 5.44 Å². The highest BCUT2D eigenvalue weighted by Crippen LogP contribution is 2.42. The maximum absolute atomic E-state index is 13.7. The van der Waals surface area contributed by atoms with E-state index in [1.807, 2.05) is 19.1 Å². The third-order valence-electron chi connectivity index (χ3n) is 6.62. The lowest BCUT2D eigenvalue weighted by atomic mass is 9.94. The number of anilines is 1. The number of hydrogen-bond donors (Lipinski definition) is 2. The van der Waals surface area contributed by atoms with E-state index >= 15 is 0 Å². The normalized spacial score (nSPS) is 22.6. The minimum absolute atomic E-state index is 0.217. The number of aliphatic hydroxyl groups excluding tert-OH is 2. The molecule has 2 N–H and O–H groups in total. The van der Waals surface area contributed by atoms with Crippen LogP contribution < -0.4 is 9.04 Å². The van der Waals surface area contributed by atoms with Gasteiger partial charge in [-0.1, -0.05) is 37.3 Å². The van der Waals surface area contributed by atoms with Gasteiger partial charge in [-0.3, -0.25) is 4.31 Å². The Morgan fingerprint density at radius 2 is 1.91 bits per heavy atom. The molecule has 0 spiro atoms. The Morgan fingerprint density at radius 3 is 2.64 bits per heavy atom. The van der Waals surface area contributed by atoms with E-state index in [1.165, 1.54) is 4.31 Å². The molecule has 8 heteroatoms. The SMILES string of the molecule is CCc1ccc2c(c1)C(O)CC(C)N2S(=O)(=O)C(O)c1ccccc1OCC1CCOCC1. The molecule has 33 heavy (non-hydrogen) atoms. The summed E-state index contributed by atoms with van der Waals surface area (Å²) in [6.45, 7) is 5.60. The quantitative estimate of drug-likeness (QED) is 0.634. The number of benzene rings is 2. The van der Waals surface area contributed by atoms with Gasteiger partial charge >= 0.3 is 0 Å². The second-order valence-corrected chi connectivity index (χ2v) is 10.8. The summed E-state index contributed by atoms with van der Waals surface area (Å²) in [4.78, 5) is 0. The smallest absolute Gasteiger partial charge is 0.266 e. The molecule has 2 heterocycles. The number of rotatable bonds is 7. The summed E-state index contributed by atoms with van der Waals surface area (Å²) in [7, 11) is -4.21. The summed E-state index contributed by atoms with van der Waals surface area (Å²) in [5, 5.41) is 21.8. The van der Waals surface area contributed by atoms with E-state index in [0.717, 1.165) is 24.8 Å². The largest absolute Gasteiger partial charge is 0.493 e. The molecule has 7 nitrogen and oxygen atoms in total. The standard InChI is InChI=1S/C25H33NO6S/c1-3-18-8-9-22-21(15-18)23(27)14-17(2)26(22)33(29,30)25(28)20-6-4-5-7-24(20)32-16-19-10-12-31-13-11-19/h4-9,15,17,19,23,25,27-28H,3,10-14,16H2,1-2H3. The van der Waals surface area contributed by atoms with Crippen molar-refractivity contribution >= 4 is 15.7 Å². The zero-order chi connectivity index (χ0) is 23.6. The van der Waals surface area contributed by atoms with E-state index in [9.17, 15) is 18.6 Å². The van der Waals surface area contributed by atoms with Gasteiger partial charge in [-0.25, -0.2) is 8.42 Å². The third kappa shape index (κ3) is 4.89.